The summed E-state index contributed by atoms with van der Waals surface area (Å²) in [6, 6.07) is 8.33. The van der Waals surface area contributed by atoms with Crippen molar-refractivity contribution in [3.05, 3.63) is 47.7 Å². The molecule has 5 heteroatoms. The molecule has 0 aliphatic rings. The zero-order valence-corrected chi connectivity index (χ0v) is 12.3. The standard InChI is InChI=1S/C16H18N2O3/c1-4-18(14-10-12(19)8-7-11(14)2)16(20)13-6-5-9-17-15(13)21-3/h5-10,19H,4H2,1-3H3. The maximum absolute atomic E-state index is 12.7. The van der Waals surface area contributed by atoms with E-state index >= 15 is 0 Å². The van der Waals surface area contributed by atoms with Crippen molar-refractivity contribution in [1.82, 2.24) is 4.98 Å². The van der Waals surface area contributed by atoms with Gasteiger partial charge in [-0.25, -0.2) is 4.98 Å². The minimum atomic E-state index is -0.212. The van der Waals surface area contributed by atoms with Gasteiger partial charge < -0.3 is 14.7 Å². The lowest BCUT2D eigenvalue weighted by Gasteiger charge is -2.23. The molecule has 1 amide bonds. The number of ether oxygens (including phenoxy) is 1. The number of carbonyl (C=O) groups excluding carboxylic acids is 1. The molecule has 1 N–H and O–H groups in total. The second-order valence-corrected chi connectivity index (χ2v) is 4.58. The maximum Gasteiger partial charge on any atom is 0.263 e. The van der Waals surface area contributed by atoms with Crippen molar-refractivity contribution in [2.24, 2.45) is 0 Å². The van der Waals surface area contributed by atoms with Crippen molar-refractivity contribution in [1.29, 1.82) is 0 Å². The van der Waals surface area contributed by atoms with Crippen LogP contribution in [0, 0.1) is 6.92 Å². The normalized spacial score (nSPS) is 10.2. The van der Waals surface area contributed by atoms with Gasteiger partial charge >= 0.3 is 0 Å². The SMILES string of the molecule is CCN(C(=O)c1cccnc1OC)c1cc(O)ccc1C. The lowest BCUT2D eigenvalue weighted by Crippen LogP contribution is -2.31. The number of anilines is 1. The van der Waals surface area contributed by atoms with Crippen LogP contribution in [0.1, 0.15) is 22.8 Å². The number of rotatable bonds is 4. The number of aromatic nitrogens is 1. The highest BCUT2D eigenvalue weighted by Crippen LogP contribution is 2.27. The van der Waals surface area contributed by atoms with E-state index in [4.69, 9.17) is 4.74 Å². The Bertz CT molecular complexity index is 656. The number of amides is 1. The Labute approximate surface area is 123 Å². The molecular formula is C16H18N2O3. The van der Waals surface area contributed by atoms with Gasteiger partial charge in [0.25, 0.3) is 5.91 Å². The molecule has 1 aromatic carbocycles. The Morgan fingerprint density at radius 1 is 1.38 bits per heavy atom. The van der Waals surface area contributed by atoms with Gasteiger partial charge in [0.05, 0.1) is 12.8 Å². The van der Waals surface area contributed by atoms with Crippen LogP contribution >= 0.6 is 0 Å². The van der Waals surface area contributed by atoms with E-state index in [-0.39, 0.29) is 11.7 Å². The third kappa shape index (κ3) is 2.97. The Morgan fingerprint density at radius 3 is 2.81 bits per heavy atom. The van der Waals surface area contributed by atoms with E-state index in [1.165, 1.54) is 7.11 Å². The zero-order valence-electron chi connectivity index (χ0n) is 12.3. The number of phenolic OH excluding ortho intramolecular Hbond substituents is 1. The van der Waals surface area contributed by atoms with Crippen LogP contribution in [0.4, 0.5) is 5.69 Å². The van der Waals surface area contributed by atoms with Crippen LogP contribution in [-0.4, -0.2) is 29.7 Å². The molecule has 0 saturated carbocycles. The summed E-state index contributed by atoms with van der Waals surface area (Å²) in [4.78, 5) is 18.4. The molecule has 0 atom stereocenters. The molecule has 0 saturated heterocycles. The summed E-state index contributed by atoms with van der Waals surface area (Å²) in [7, 11) is 1.48. The van der Waals surface area contributed by atoms with Crippen LogP contribution in [0.5, 0.6) is 11.6 Å². The predicted octanol–water partition coefficient (Wildman–Crippen LogP) is 2.77. The van der Waals surface area contributed by atoms with Crippen molar-refractivity contribution >= 4 is 11.6 Å². The second kappa shape index (κ2) is 6.26. The van der Waals surface area contributed by atoms with E-state index < -0.39 is 0 Å². The van der Waals surface area contributed by atoms with Crippen LogP contribution in [0.3, 0.4) is 0 Å². The summed E-state index contributed by atoms with van der Waals surface area (Å²) < 4.78 is 5.14. The third-order valence-corrected chi connectivity index (χ3v) is 3.24. The molecule has 0 bridgehead atoms. The van der Waals surface area contributed by atoms with Gasteiger partial charge in [-0.05, 0) is 37.6 Å². The van der Waals surface area contributed by atoms with Crippen LogP contribution in [-0.2, 0) is 0 Å². The highest BCUT2D eigenvalue weighted by Gasteiger charge is 2.21. The molecule has 2 aromatic rings. The van der Waals surface area contributed by atoms with Crippen LogP contribution < -0.4 is 9.64 Å². The lowest BCUT2D eigenvalue weighted by molar-refractivity contribution is 0.0984. The monoisotopic (exact) mass is 286 g/mol. The number of aromatic hydroxyl groups is 1. The summed E-state index contributed by atoms with van der Waals surface area (Å²) in [6.45, 7) is 4.25. The third-order valence-electron chi connectivity index (χ3n) is 3.24. The number of aryl methyl sites for hydroxylation is 1. The van der Waals surface area contributed by atoms with Crippen molar-refractivity contribution in [2.45, 2.75) is 13.8 Å². The Morgan fingerprint density at radius 2 is 2.14 bits per heavy atom. The van der Waals surface area contributed by atoms with E-state index in [9.17, 15) is 9.90 Å². The number of benzene rings is 1. The lowest BCUT2D eigenvalue weighted by atomic mass is 10.1. The largest absolute Gasteiger partial charge is 0.508 e. The minimum Gasteiger partial charge on any atom is -0.508 e. The molecule has 0 aliphatic carbocycles. The van der Waals surface area contributed by atoms with E-state index in [0.717, 1.165) is 5.56 Å². The Kier molecular flexibility index (Phi) is 4.42. The number of hydrogen-bond donors (Lipinski definition) is 1. The van der Waals surface area contributed by atoms with Gasteiger partial charge in [0.15, 0.2) is 0 Å². The van der Waals surface area contributed by atoms with Crippen molar-refractivity contribution in [3.8, 4) is 11.6 Å². The molecule has 1 aromatic heterocycles. The van der Waals surface area contributed by atoms with Crippen LogP contribution in [0.25, 0.3) is 0 Å². The number of phenols is 1. The Hall–Kier alpha value is -2.56. The van der Waals surface area contributed by atoms with Gasteiger partial charge in [0.2, 0.25) is 5.88 Å². The van der Waals surface area contributed by atoms with E-state index in [1.54, 1.807) is 41.4 Å². The molecular weight excluding hydrogens is 268 g/mol. The van der Waals surface area contributed by atoms with Gasteiger partial charge in [-0.15, -0.1) is 0 Å². The van der Waals surface area contributed by atoms with Crippen molar-refractivity contribution in [2.75, 3.05) is 18.6 Å². The first-order valence-electron chi connectivity index (χ1n) is 6.69. The fraction of sp³-hybridized carbons (Fsp3) is 0.250. The first kappa shape index (κ1) is 14.8. The summed E-state index contributed by atoms with van der Waals surface area (Å²) in [5.41, 5.74) is 1.98. The van der Waals surface area contributed by atoms with Gasteiger partial charge in [-0.1, -0.05) is 6.07 Å². The highest BCUT2D eigenvalue weighted by atomic mass is 16.5. The average Bonchev–Trinajstić information content (AvgIpc) is 2.51. The number of carbonyl (C=O) groups is 1. The molecule has 110 valence electrons. The highest BCUT2D eigenvalue weighted by molar-refractivity contribution is 6.08. The van der Waals surface area contributed by atoms with Crippen LogP contribution in [0.15, 0.2) is 36.5 Å². The Balaban J connectivity index is 2.46. The minimum absolute atomic E-state index is 0.125. The topological polar surface area (TPSA) is 62.7 Å². The summed E-state index contributed by atoms with van der Waals surface area (Å²) in [5, 5.41) is 9.66. The van der Waals surface area contributed by atoms with Gasteiger partial charge in [0, 0.05) is 18.8 Å². The van der Waals surface area contributed by atoms with Gasteiger partial charge in [-0.3, -0.25) is 4.79 Å². The van der Waals surface area contributed by atoms with E-state index in [1.807, 2.05) is 13.8 Å². The molecule has 0 unspecified atom stereocenters. The molecule has 0 radical (unpaired) electrons. The van der Waals surface area contributed by atoms with Crippen molar-refractivity contribution in [3.63, 3.8) is 0 Å². The number of nitrogens with zero attached hydrogens (tertiary/aromatic N) is 2. The molecule has 1 heterocycles. The fourth-order valence-electron chi connectivity index (χ4n) is 2.17. The number of methoxy groups -OCH3 is 1. The molecule has 2 rings (SSSR count). The molecule has 0 aliphatic heterocycles. The molecule has 21 heavy (non-hydrogen) atoms. The average molecular weight is 286 g/mol. The first-order valence-corrected chi connectivity index (χ1v) is 6.69. The van der Waals surface area contributed by atoms with Crippen LogP contribution in [0.2, 0.25) is 0 Å². The predicted molar refractivity (Wildman–Crippen MR) is 81.0 cm³/mol. The maximum atomic E-state index is 12.7. The second-order valence-electron chi connectivity index (χ2n) is 4.58. The smallest absolute Gasteiger partial charge is 0.263 e. The number of pyridine rings is 1. The molecule has 0 spiro atoms. The molecule has 0 fully saturated rings. The van der Waals surface area contributed by atoms with Crippen molar-refractivity contribution < 1.29 is 14.6 Å². The summed E-state index contributed by atoms with van der Waals surface area (Å²) >= 11 is 0. The van der Waals surface area contributed by atoms with Gasteiger partial charge in [-0.2, -0.15) is 0 Å². The summed E-state index contributed by atoms with van der Waals surface area (Å²) in [5.74, 6) is 0.204. The zero-order chi connectivity index (χ0) is 15.4. The summed E-state index contributed by atoms with van der Waals surface area (Å²) in [6.07, 6.45) is 1.57. The van der Waals surface area contributed by atoms with E-state index in [2.05, 4.69) is 4.98 Å². The molecule has 5 nitrogen and oxygen atoms in total. The van der Waals surface area contributed by atoms with Gasteiger partial charge in [0.1, 0.15) is 11.3 Å². The van der Waals surface area contributed by atoms with E-state index in [0.29, 0.717) is 23.7 Å². The number of hydrogen-bond acceptors (Lipinski definition) is 4. The fourth-order valence-corrected chi connectivity index (χ4v) is 2.17. The quantitative estimate of drug-likeness (QED) is 0.938. The first-order chi connectivity index (χ1) is 10.1.